The number of hydrogen-bond donors (Lipinski definition) is 1. The van der Waals surface area contributed by atoms with Gasteiger partial charge in [0.2, 0.25) is 0 Å². The fourth-order valence-electron chi connectivity index (χ4n) is 2.24. The standard InChI is InChI=1S/C13H15ClN2O/c1-16-7-10-6-9(12(14)8-2-3-8)4-5-11(10)15-13(16)17/h4-6,8,12H,2-3,7H2,1H3,(H,15,17). The van der Waals surface area contributed by atoms with E-state index in [2.05, 4.69) is 11.4 Å². The molecule has 3 nitrogen and oxygen atoms in total. The Morgan fingerprint density at radius 3 is 2.94 bits per heavy atom. The Kier molecular flexibility index (Phi) is 2.51. The van der Waals surface area contributed by atoms with Gasteiger partial charge in [0.15, 0.2) is 0 Å². The van der Waals surface area contributed by atoms with E-state index in [1.54, 1.807) is 11.9 Å². The minimum absolute atomic E-state index is 0.0464. The van der Waals surface area contributed by atoms with Crippen molar-refractivity contribution in [2.24, 2.45) is 5.92 Å². The van der Waals surface area contributed by atoms with Crippen LogP contribution in [0.3, 0.4) is 0 Å². The number of carbonyl (C=O) groups is 1. The number of urea groups is 1. The van der Waals surface area contributed by atoms with Gasteiger partial charge in [-0.2, -0.15) is 0 Å². The molecule has 0 spiro atoms. The van der Waals surface area contributed by atoms with Crippen molar-refractivity contribution < 1.29 is 4.79 Å². The third kappa shape index (κ3) is 2.00. The Morgan fingerprint density at radius 2 is 2.24 bits per heavy atom. The van der Waals surface area contributed by atoms with Gasteiger partial charge in [0.05, 0.1) is 5.38 Å². The van der Waals surface area contributed by atoms with E-state index in [1.807, 2.05) is 12.1 Å². The maximum absolute atomic E-state index is 11.5. The lowest BCUT2D eigenvalue weighted by molar-refractivity contribution is 0.218. The smallest absolute Gasteiger partial charge is 0.321 e. The van der Waals surface area contributed by atoms with E-state index in [9.17, 15) is 4.79 Å². The first-order valence-corrected chi connectivity index (χ1v) is 6.38. The number of benzene rings is 1. The molecule has 4 heteroatoms. The van der Waals surface area contributed by atoms with Crippen LogP contribution < -0.4 is 5.32 Å². The molecule has 2 amide bonds. The summed E-state index contributed by atoms with van der Waals surface area (Å²) in [6.45, 7) is 0.656. The van der Waals surface area contributed by atoms with Crippen molar-refractivity contribution >= 4 is 23.3 Å². The first-order valence-electron chi connectivity index (χ1n) is 5.94. The second-order valence-electron chi connectivity index (χ2n) is 4.94. The minimum Gasteiger partial charge on any atom is -0.323 e. The number of halogens is 1. The predicted molar refractivity (Wildman–Crippen MR) is 68.2 cm³/mol. The molecule has 1 N–H and O–H groups in total. The lowest BCUT2D eigenvalue weighted by Crippen LogP contribution is -2.35. The van der Waals surface area contributed by atoms with Crippen LogP contribution in [0.15, 0.2) is 18.2 Å². The van der Waals surface area contributed by atoms with E-state index < -0.39 is 0 Å². The van der Waals surface area contributed by atoms with Crippen LogP contribution in [0.25, 0.3) is 0 Å². The summed E-state index contributed by atoms with van der Waals surface area (Å²) in [5.74, 6) is 0.644. The van der Waals surface area contributed by atoms with Crippen LogP contribution in [-0.4, -0.2) is 18.0 Å². The molecule has 1 saturated carbocycles. The molecular weight excluding hydrogens is 236 g/mol. The van der Waals surface area contributed by atoms with Crippen molar-refractivity contribution in [1.82, 2.24) is 4.90 Å². The van der Waals surface area contributed by atoms with Crippen molar-refractivity contribution in [2.45, 2.75) is 24.8 Å². The average Bonchev–Trinajstić information content (AvgIpc) is 3.13. The van der Waals surface area contributed by atoms with Crippen LogP contribution in [0.4, 0.5) is 10.5 Å². The van der Waals surface area contributed by atoms with E-state index in [4.69, 9.17) is 11.6 Å². The van der Waals surface area contributed by atoms with Crippen molar-refractivity contribution in [2.75, 3.05) is 12.4 Å². The van der Waals surface area contributed by atoms with Crippen LogP contribution in [0, 0.1) is 5.92 Å². The number of nitrogens with one attached hydrogen (secondary N) is 1. The van der Waals surface area contributed by atoms with E-state index in [0.29, 0.717) is 12.5 Å². The van der Waals surface area contributed by atoms with Gasteiger partial charge in [-0.3, -0.25) is 0 Å². The zero-order valence-electron chi connectivity index (χ0n) is 9.74. The molecule has 0 bridgehead atoms. The fourth-order valence-corrected chi connectivity index (χ4v) is 2.62. The second kappa shape index (κ2) is 3.91. The molecule has 1 aliphatic carbocycles. The van der Waals surface area contributed by atoms with Crippen molar-refractivity contribution in [3.63, 3.8) is 0 Å². The molecular formula is C13H15ClN2O. The highest BCUT2D eigenvalue weighted by Gasteiger charge is 2.31. The van der Waals surface area contributed by atoms with E-state index in [1.165, 1.54) is 18.4 Å². The highest BCUT2D eigenvalue weighted by Crippen LogP contribution is 2.45. The van der Waals surface area contributed by atoms with Crippen LogP contribution in [0.1, 0.15) is 29.3 Å². The summed E-state index contributed by atoms with van der Waals surface area (Å²) in [6, 6.07) is 6.07. The molecule has 1 unspecified atom stereocenters. The van der Waals surface area contributed by atoms with E-state index in [-0.39, 0.29) is 11.4 Å². The number of nitrogens with zero attached hydrogens (tertiary/aromatic N) is 1. The molecule has 0 aromatic heterocycles. The summed E-state index contributed by atoms with van der Waals surface area (Å²) in [5.41, 5.74) is 3.24. The Morgan fingerprint density at radius 1 is 1.47 bits per heavy atom. The molecule has 1 aromatic carbocycles. The molecule has 0 saturated heterocycles. The number of hydrogen-bond acceptors (Lipinski definition) is 1. The summed E-state index contributed by atoms with van der Waals surface area (Å²) in [5, 5.41) is 2.99. The monoisotopic (exact) mass is 250 g/mol. The molecule has 90 valence electrons. The van der Waals surface area contributed by atoms with Gasteiger partial charge < -0.3 is 10.2 Å². The Bertz CT molecular complexity index is 470. The number of anilines is 1. The van der Waals surface area contributed by atoms with Crippen LogP contribution in [0.2, 0.25) is 0 Å². The molecule has 1 aliphatic heterocycles. The fraction of sp³-hybridized carbons (Fsp3) is 0.462. The summed E-state index contributed by atoms with van der Waals surface area (Å²) in [4.78, 5) is 13.2. The highest BCUT2D eigenvalue weighted by atomic mass is 35.5. The Balaban J connectivity index is 1.90. The summed E-state index contributed by atoms with van der Waals surface area (Å²) in [6.07, 6.45) is 2.48. The number of fused-ring (bicyclic) bond motifs is 1. The van der Waals surface area contributed by atoms with Crippen LogP contribution in [-0.2, 0) is 6.54 Å². The normalized spacial score (nSPS) is 20.8. The largest absolute Gasteiger partial charge is 0.323 e. The summed E-state index contributed by atoms with van der Waals surface area (Å²) < 4.78 is 0. The van der Waals surface area contributed by atoms with E-state index >= 15 is 0 Å². The van der Waals surface area contributed by atoms with Gasteiger partial charge in [0.1, 0.15) is 0 Å². The molecule has 2 aliphatic rings. The summed E-state index contributed by atoms with van der Waals surface area (Å²) >= 11 is 6.41. The molecule has 1 aromatic rings. The SMILES string of the molecule is CN1Cc2cc(C(Cl)C3CC3)ccc2NC1=O. The maximum Gasteiger partial charge on any atom is 0.321 e. The first-order chi connectivity index (χ1) is 8.15. The maximum atomic E-state index is 11.5. The summed E-state index contributed by atoms with van der Waals surface area (Å²) in [7, 11) is 1.80. The Labute approximate surface area is 106 Å². The van der Waals surface area contributed by atoms with Gasteiger partial charge in [0.25, 0.3) is 0 Å². The van der Waals surface area contributed by atoms with Gasteiger partial charge in [-0.15, -0.1) is 11.6 Å². The number of alkyl halides is 1. The predicted octanol–water partition coefficient (Wildman–Crippen LogP) is 3.35. The molecule has 1 atom stereocenters. The van der Waals surface area contributed by atoms with Gasteiger partial charge in [0, 0.05) is 19.3 Å². The molecule has 0 radical (unpaired) electrons. The number of amides is 2. The van der Waals surface area contributed by atoms with Crippen LogP contribution in [0.5, 0.6) is 0 Å². The van der Waals surface area contributed by atoms with Crippen molar-refractivity contribution in [3.8, 4) is 0 Å². The van der Waals surface area contributed by atoms with E-state index in [0.717, 1.165) is 11.3 Å². The van der Waals surface area contributed by atoms with Crippen molar-refractivity contribution in [1.29, 1.82) is 0 Å². The van der Waals surface area contributed by atoms with Gasteiger partial charge in [-0.25, -0.2) is 4.79 Å². The second-order valence-corrected chi connectivity index (χ2v) is 5.41. The van der Waals surface area contributed by atoms with Gasteiger partial charge in [-0.05, 0) is 36.0 Å². The highest BCUT2D eigenvalue weighted by molar-refractivity contribution is 6.21. The molecule has 1 fully saturated rings. The quantitative estimate of drug-likeness (QED) is 0.802. The van der Waals surface area contributed by atoms with Gasteiger partial charge in [-0.1, -0.05) is 12.1 Å². The Hall–Kier alpha value is -1.22. The molecule has 1 heterocycles. The van der Waals surface area contributed by atoms with Crippen LogP contribution >= 0.6 is 11.6 Å². The zero-order chi connectivity index (χ0) is 12.0. The first kappa shape index (κ1) is 10.9. The molecule has 17 heavy (non-hydrogen) atoms. The zero-order valence-corrected chi connectivity index (χ0v) is 10.5. The third-order valence-electron chi connectivity index (χ3n) is 3.48. The number of rotatable bonds is 2. The van der Waals surface area contributed by atoms with Crippen molar-refractivity contribution in [3.05, 3.63) is 29.3 Å². The minimum atomic E-state index is -0.0464. The van der Waals surface area contributed by atoms with Gasteiger partial charge >= 0.3 is 6.03 Å². The lowest BCUT2D eigenvalue weighted by Gasteiger charge is -2.26. The number of carbonyl (C=O) groups excluding carboxylic acids is 1. The average molecular weight is 251 g/mol. The molecule has 3 rings (SSSR count). The third-order valence-corrected chi connectivity index (χ3v) is 4.09. The topological polar surface area (TPSA) is 32.3 Å². The lowest BCUT2D eigenvalue weighted by atomic mass is 10.0.